The molecule has 0 aliphatic carbocycles. The zero-order valence-electron chi connectivity index (χ0n) is 20.8. The van der Waals surface area contributed by atoms with Crippen molar-refractivity contribution in [1.29, 1.82) is 0 Å². The molecular formula is C28H37N3O3. The van der Waals surface area contributed by atoms with Crippen LogP contribution in [0.1, 0.15) is 32.3 Å². The second-order valence-electron chi connectivity index (χ2n) is 9.01. The van der Waals surface area contributed by atoms with E-state index in [4.69, 9.17) is 14.6 Å². The van der Waals surface area contributed by atoms with E-state index in [9.17, 15) is 5.11 Å². The first-order valence-corrected chi connectivity index (χ1v) is 11.9. The third-order valence-corrected chi connectivity index (χ3v) is 5.57. The Labute approximate surface area is 203 Å². The minimum atomic E-state index is -0.420. The molecule has 0 saturated heterocycles. The van der Waals surface area contributed by atoms with Gasteiger partial charge >= 0.3 is 0 Å². The summed E-state index contributed by atoms with van der Waals surface area (Å²) < 4.78 is 13.5. The molecule has 3 rings (SSSR count). The molecule has 2 aromatic carbocycles. The van der Waals surface area contributed by atoms with E-state index in [-0.39, 0.29) is 0 Å². The van der Waals surface area contributed by atoms with Crippen LogP contribution in [0.25, 0.3) is 11.3 Å². The summed E-state index contributed by atoms with van der Waals surface area (Å²) in [6, 6.07) is 17.7. The second-order valence-corrected chi connectivity index (χ2v) is 9.01. The summed E-state index contributed by atoms with van der Waals surface area (Å²) in [5, 5.41) is 15.5. The minimum Gasteiger partial charge on any atom is -0.497 e. The van der Waals surface area contributed by atoms with Crippen molar-refractivity contribution in [3.8, 4) is 28.6 Å². The van der Waals surface area contributed by atoms with Crippen molar-refractivity contribution in [3.63, 3.8) is 0 Å². The summed E-state index contributed by atoms with van der Waals surface area (Å²) in [6.07, 6.45) is 2.92. The summed E-state index contributed by atoms with van der Waals surface area (Å²) >= 11 is 0. The predicted octanol–water partition coefficient (Wildman–Crippen LogP) is 5.67. The maximum Gasteiger partial charge on any atom is 0.222 e. The summed E-state index contributed by atoms with van der Waals surface area (Å²) in [6.45, 7) is 10.2. The van der Waals surface area contributed by atoms with Gasteiger partial charge in [0.05, 0.1) is 18.8 Å². The molecule has 1 atom stereocenters. The van der Waals surface area contributed by atoms with Gasteiger partial charge in [-0.05, 0) is 30.9 Å². The van der Waals surface area contributed by atoms with Gasteiger partial charge in [-0.15, -0.1) is 6.58 Å². The van der Waals surface area contributed by atoms with Crippen LogP contribution in [0.15, 0.2) is 67.3 Å². The van der Waals surface area contributed by atoms with E-state index in [1.807, 2.05) is 55.6 Å². The number of nitrogens with zero attached hydrogens (tertiary/aromatic N) is 3. The molecule has 0 saturated carbocycles. The van der Waals surface area contributed by atoms with Crippen LogP contribution in [0.3, 0.4) is 0 Å². The molecule has 3 aromatic rings. The monoisotopic (exact) mass is 463 g/mol. The molecule has 0 bridgehead atoms. The van der Waals surface area contributed by atoms with Crippen LogP contribution >= 0.6 is 0 Å². The van der Waals surface area contributed by atoms with E-state index in [0.717, 1.165) is 35.5 Å². The van der Waals surface area contributed by atoms with Crippen LogP contribution in [0, 0.1) is 5.92 Å². The lowest BCUT2D eigenvalue weighted by atomic mass is 10.1. The summed E-state index contributed by atoms with van der Waals surface area (Å²) in [5.41, 5.74) is 2.91. The number of aromatic nitrogens is 2. The fourth-order valence-electron chi connectivity index (χ4n) is 4.07. The highest BCUT2D eigenvalue weighted by molar-refractivity contribution is 5.65. The van der Waals surface area contributed by atoms with E-state index < -0.39 is 6.10 Å². The molecular weight excluding hydrogens is 426 g/mol. The van der Waals surface area contributed by atoms with Crippen LogP contribution in [0.2, 0.25) is 0 Å². The number of allylic oxidation sites excluding steroid dienone is 1. The zero-order chi connectivity index (χ0) is 24.5. The molecule has 0 aliphatic heterocycles. The fourth-order valence-corrected chi connectivity index (χ4v) is 4.07. The average molecular weight is 464 g/mol. The van der Waals surface area contributed by atoms with E-state index >= 15 is 0 Å². The van der Waals surface area contributed by atoms with Crippen molar-refractivity contribution in [1.82, 2.24) is 14.7 Å². The van der Waals surface area contributed by atoms with Crippen LogP contribution in [0.5, 0.6) is 17.4 Å². The van der Waals surface area contributed by atoms with Crippen molar-refractivity contribution in [2.45, 2.75) is 39.3 Å². The zero-order valence-corrected chi connectivity index (χ0v) is 20.8. The summed E-state index contributed by atoms with van der Waals surface area (Å²) in [4.78, 5) is 2.29. The van der Waals surface area contributed by atoms with Gasteiger partial charge in [-0.25, -0.2) is 4.68 Å². The molecule has 182 valence electrons. The number of aliphatic hydroxyl groups excluding tert-OH is 1. The van der Waals surface area contributed by atoms with E-state index in [1.54, 1.807) is 11.8 Å². The SMILES string of the molecule is C=CCC[C@@H](O)CN(Cc1c(-c2ccccc2)nn(C)c1Oc1cccc(OC)c1)CC(C)C. The van der Waals surface area contributed by atoms with Crippen molar-refractivity contribution in [2.75, 3.05) is 20.2 Å². The van der Waals surface area contributed by atoms with Crippen LogP contribution in [0.4, 0.5) is 0 Å². The Balaban J connectivity index is 1.99. The molecule has 6 nitrogen and oxygen atoms in total. The highest BCUT2D eigenvalue weighted by atomic mass is 16.5. The molecule has 34 heavy (non-hydrogen) atoms. The maximum atomic E-state index is 10.6. The molecule has 0 aliphatic rings. The summed E-state index contributed by atoms with van der Waals surface area (Å²) in [5.74, 6) is 2.55. The molecule has 0 radical (unpaired) electrons. The molecule has 1 heterocycles. The number of hydrogen-bond acceptors (Lipinski definition) is 5. The predicted molar refractivity (Wildman–Crippen MR) is 137 cm³/mol. The third kappa shape index (κ3) is 6.95. The molecule has 1 aromatic heterocycles. The van der Waals surface area contributed by atoms with Crippen LogP contribution in [-0.2, 0) is 13.6 Å². The number of rotatable bonds is 13. The third-order valence-electron chi connectivity index (χ3n) is 5.57. The molecule has 0 fully saturated rings. The van der Waals surface area contributed by atoms with Crippen LogP contribution in [-0.4, -0.2) is 46.1 Å². The molecule has 0 spiro atoms. The topological polar surface area (TPSA) is 59.8 Å². The lowest BCUT2D eigenvalue weighted by Gasteiger charge is -2.27. The van der Waals surface area contributed by atoms with Gasteiger partial charge in [-0.2, -0.15) is 5.10 Å². The van der Waals surface area contributed by atoms with E-state index in [1.165, 1.54) is 0 Å². The van der Waals surface area contributed by atoms with Gasteiger partial charge in [-0.3, -0.25) is 4.90 Å². The average Bonchev–Trinajstić information content (AvgIpc) is 3.12. The Morgan fingerprint density at radius 1 is 1.09 bits per heavy atom. The lowest BCUT2D eigenvalue weighted by molar-refractivity contribution is 0.0953. The van der Waals surface area contributed by atoms with E-state index in [2.05, 4.69) is 37.5 Å². The van der Waals surface area contributed by atoms with Gasteiger partial charge in [0.15, 0.2) is 0 Å². The molecule has 6 heteroatoms. The normalized spacial score (nSPS) is 12.2. The van der Waals surface area contributed by atoms with Gasteiger partial charge in [-0.1, -0.05) is 56.3 Å². The smallest absolute Gasteiger partial charge is 0.222 e. The molecule has 1 N–H and O–H groups in total. The molecule has 0 amide bonds. The fraction of sp³-hybridized carbons (Fsp3) is 0.393. The lowest BCUT2D eigenvalue weighted by Crippen LogP contribution is -2.35. The Morgan fingerprint density at radius 3 is 2.50 bits per heavy atom. The quantitative estimate of drug-likeness (QED) is 0.331. The summed E-state index contributed by atoms with van der Waals surface area (Å²) in [7, 11) is 3.54. The second kappa shape index (κ2) is 12.4. The van der Waals surface area contributed by atoms with Crippen molar-refractivity contribution in [3.05, 3.63) is 72.8 Å². The number of hydrogen-bond donors (Lipinski definition) is 1. The van der Waals surface area contributed by atoms with Crippen molar-refractivity contribution >= 4 is 0 Å². The maximum absolute atomic E-state index is 10.6. The number of methoxy groups -OCH3 is 1. The largest absolute Gasteiger partial charge is 0.497 e. The number of aliphatic hydroxyl groups is 1. The van der Waals surface area contributed by atoms with Gasteiger partial charge < -0.3 is 14.6 Å². The molecule has 0 unspecified atom stereocenters. The number of benzene rings is 2. The van der Waals surface area contributed by atoms with Crippen LogP contribution < -0.4 is 9.47 Å². The van der Waals surface area contributed by atoms with E-state index in [0.29, 0.717) is 37.1 Å². The first kappa shape index (κ1) is 25.5. The van der Waals surface area contributed by atoms with Gasteiger partial charge in [0.2, 0.25) is 5.88 Å². The Morgan fingerprint density at radius 2 is 1.82 bits per heavy atom. The minimum absolute atomic E-state index is 0.420. The van der Waals surface area contributed by atoms with Crippen molar-refractivity contribution in [2.24, 2.45) is 13.0 Å². The Hall–Kier alpha value is -3.09. The standard InChI is InChI=1S/C28H37N3O3/c1-6-7-14-23(32)19-31(18-21(2)3)20-26-27(22-12-9-8-10-13-22)29-30(4)28(26)34-25-16-11-15-24(17-25)33-5/h6,8-13,15-17,21,23,32H,1,7,14,18-20H2,2-5H3/t23-/m1/s1. The van der Waals surface area contributed by atoms with Gasteiger partial charge in [0, 0.05) is 38.3 Å². The van der Waals surface area contributed by atoms with Gasteiger partial charge in [0.25, 0.3) is 0 Å². The first-order valence-electron chi connectivity index (χ1n) is 11.9. The first-order chi connectivity index (χ1) is 16.4. The highest BCUT2D eigenvalue weighted by Gasteiger charge is 2.24. The number of ether oxygens (including phenoxy) is 2. The highest BCUT2D eigenvalue weighted by Crippen LogP contribution is 2.35. The van der Waals surface area contributed by atoms with Crippen molar-refractivity contribution < 1.29 is 14.6 Å². The van der Waals surface area contributed by atoms with Gasteiger partial charge in [0.1, 0.15) is 17.2 Å². The Bertz CT molecular complexity index is 1050. The number of aryl methyl sites for hydroxylation is 1. The Kier molecular flexibility index (Phi) is 9.31.